The van der Waals surface area contributed by atoms with Crippen molar-refractivity contribution in [1.29, 1.82) is 0 Å². The molecule has 0 atom stereocenters. The van der Waals surface area contributed by atoms with Gasteiger partial charge in [-0.15, -0.1) is 0 Å². The van der Waals surface area contributed by atoms with Gasteiger partial charge in [0.25, 0.3) is 5.91 Å². The van der Waals surface area contributed by atoms with Crippen molar-refractivity contribution < 1.29 is 4.79 Å². The van der Waals surface area contributed by atoms with Gasteiger partial charge in [0.2, 0.25) is 0 Å². The van der Waals surface area contributed by atoms with Crippen molar-refractivity contribution in [3.8, 4) is 0 Å². The maximum atomic E-state index is 10.7. The minimum absolute atomic E-state index is 0.0584. The molecule has 2 nitrogen and oxygen atoms in total. The molecule has 0 aromatic rings. The number of likely N-dealkylation sites (N-methyl/N-ethyl adjacent to an activating group) is 1. The lowest BCUT2D eigenvalue weighted by Crippen LogP contribution is -2.17. The van der Waals surface area contributed by atoms with Gasteiger partial charge in [0, 0.05) is 7.05 Å². The summed E-state index contributed by atoms with van der Waals surface area (Å²) >= 11 is 7.18. The van der Waals surface area contributed by atoms with E-state index in [4.69, 9.17) is 0 Å². The molecule has 1 N–H and O–H groups in total. The Bertz CT molecular complexity index is 153. The highest BCUT2D eigenvalue weighted by molar-refractivity contribution is 14.1. The summed E-state index contributed by atoms with van der Waals surface area (Å²) in [7, 11) is 1.60. The first-order valence-corrected chi connectivity index (χ1v) is 4.97. The van der Waals surface area contributed by atoms with E-state index in [2.05, 4.69) is 21.2 Å². The van der Waals surface area contributed by atoms with Crippen molar-refractivity contribution in [3.05, 3.63) is 6.07 Å². The van der Waals surface area contributed by atoms with Gasteiger partial charge in [0.05, 0.1) is 6.07 Å². The third kappa shape index (κ3) is 3.76. The third-order valence-corrected chi connectivity index (χ3v) is 4.33. The smallest absolute Gasteiger partial charge is 0.258 e. The quantitative estimate of drug-likeness (QED) is 0.516. The van der Waals surface area contributed by atoms with Crippen molar-refractivity contribution >= 4 is 67.0 Å². The van der Waals surface area contributed by atoms with Crippen LogP contribution < -0.4 is 5.32 Å². The van der Waals surface area contributed by atoms with Gasteiger partial charge < -0.3 is 5.32 Å². The number of halogens is 3. The fourth-order valence-corrected chi connectivity index (χ4v) is 0.890. The first-order chi connectivity index (χ1) is 4.09. The molecule has 0 saturated carbocycles. The van der Waals surface area contributed by atoms with E-state index in [-0.39, 0.29) is 5.91 Å². The molecule has 1 amide bonds. The van der Waals surface area contributed by atoms with E-state index in [0.29, 0.717) is 3.58 Å². The zero-order chi connectivity index (χ0) is 7.44. The van der Waals surface area contributed by atoms with Crippen molar-refractivity contribution in [3.63, 3.8) is 0 Å². The monoisotopic (exact) mass is 415 g/mol. The molecule has 0 saturated heterocycles. The molecule has 5 heteroatoms. The van der Waals surface area contributed by atoms with Gasteiger partial charge in [-0.3, -0.25) is 4.79 Å². The Balaban J connectivity index is 4.21. The topological polar surface area (TPSA) is 29.1 Å². The number of rotatable bonds is 1. The first-order valence-electron chi connectivity index (χ1n) is 2.02. The summed E-state index contributed by atoms with van der Waals surface area (Å²) in [6, 6.07) is 0. The Hall–Kier alpha value is 1.15. The summed E-state index contributed by atoms with van der Waals surface area (Å²) in [4.78, 5) is 10.7. The van der Waals surface area contributed by atoms with Crippen molar-refractivity contribution in [1.82, 2.24) is 5.32 Å². The standard InChI is InChI=1S/C4H4BrI2NO/c1-8-4(9)2(6)3(5)7/h1H3,(H,8,9). The second kappa shape index (κ2) is 4.89. The van der Waals surface area contributed by atoms with Gasteiger partial charge in [-0.2, -0.15) is 0 Å². The molecule has 0 spiro atoms. The largest absolute Gasteiger partial charge is 0.355 e. The highest BCUT2D eigenvalue weighted by Crippen LogP contribution is 2.24. The fourth-order valence-electron chi connectivity index (χ4n) is 0.196. The molecule has 0 aliphatic heterocycles. The second-order valence-corrected chi connectivity index (χ2v) is 5.59. The number of carbonyl (C=O) groups excluding carboxylic acids is 1. The Kier molecular flexibility index (Phi) is 5.51. The Morgan fingerprint density at radius 2 is 2.00 bits per heavy atom. The zero-order valence-electron chi connectivity index (χ0n) is 4.54. The van der Waals surface area contributed by atoms with Crippen LogP contribution in [0.2, 0.25) is 0 Å². The van der Waals surface area contributed by atoms with Crippen LogP contribution in [0.4, 0.5) is 0 Å². The lowest BCUT2D eigenvalue weighted by molar-refractivity contribution is -0.116. The molecule has 0 aliphatic rings. The predicted octanol–water partition coefficient (Wildman–Crippen LogP) is 2.17. The van der Waals surface area contributed by atoms with Gasteiger partial charge in [0.15, 0.2) is 0 Å². The summed E-state index contributed by atoms with van der Waals surface area (Å²) in [6.45, 7) is 0. The molecule has 0 radical (unpaired) electrons. The average molecular weight is 416 g/mol. The summed E-state index contributed by atoms with van der Waals surface area (Å²) in [6.07, 6.45) is 0. The van der Waals surface area contributed by atoms with Crippen LogP contribution in [0, 0.1) is 0 Å². The van der Waals surface area contributed by atoms with E-state index in [1.165, 1.54) is 0 Å². The van der Waals surface area contributed by atoms with Crippen LogP contribution in [-0.2, 0) is 4.79 Å². The second-order valence-electron chi connectivity index (χ2n) is 1.15. The van der Waals surface area contributed by atoms with E-state index in [1.54, 1.807) is 7.05 Å². The highest BCUT2D eigenvalue weighted by Gasteiger charge is 2.04. The molecule has 0 unspecified atom stereocenters. The SMILES string of the molecule is CNC(=O)C(I)=C(Br)I. The normalized spacial score (nSPS) is 12.4. The average Bonchev–Trinajstić information content (AvgIpc) is 1.84. The zero-order valence-corrected chi connectivity index (χ0v) is 10.4. The fraction of sp³-hybridized carbons (Fsp3) is 0.250. The van der Waals surface area contributed by atoms with Crippen LogP contribution in [0.3, 0.4) is 0 Å². The molecule has 0 fully saturated rings. The van der Waals surface area contributed by atoms with E-state index in [1.807, 2.05) is 45.2 Å². The molecule has 52 valence electrons. The first kappa shape index (κ1) is 10.2. The van der Waals surface area contributed by atoms with E-state index in [9.17, 15) is 4.79 Å². The van der Waals surface area contributed by atoms with Crippen LogP contribution >= 0.6 is 61.1 Å². The number of nitrogens with one attached hydrogen (secondary N) is 1. The van der Waals surface area contributed by atoms with E-state index in [0.717, 1.165) is 2.49 Å². The molecule has 0 aromatic carbocycles. The van der Waals surface area contributed by atoms with Crippen molar-refractivity contribution in [2.75, 3.05) is 7.05 Å². The number of hydrogen-bond donors (Lipinski definition) is 1. The minimum Gasteiger partial charge on any atom is -0.355 e. The third-order valence-electron chi connectivity index (χ3n) is 0.592. The molecule has 0 rings (SSSR count). The van der Waals surface area contributed by atoms with Crippen molar-refractivity contribution in [2.24, 2.45) is 0 Å². The highest BCUT2D eigenvalue weighted by atomic mass is 127. The van der Waals surface area contributed by atoms with Crippen LogP contribution in [-0.4, -0.2) is 13.0 Å². The summed E-state index contributed by atoms with van der Waals surface area (Å²) in [5.74, 6) is -0.0584. The van der Waals surface area contributed by atoms with Gasteiger partial charge in [-0.05, 0) is 61.1 Å². The summed E-state index contributed by atoms with van der Waals surface area (Å²) in [5, 5.41) is 2.51. The van der Waals surface area contributed by atoms with E-state index < -0.39 is 0 Å². The van der Waals surface area contributed by atoms with Gasteiger partial charge in [-0.25, -0.2) is 0 Å². The molecule has 0 bridgehead atoms. The van der Waals surface area contributed by atoms with Crippen LogP contribution in [0.1, 0.15) is 0 Å². The minimum atomic E-state index is -0.0584. The van der Waals surface area contributed by atoms with E-state index >= 15 is 0 Å². The molecular formula is C4H4BrI2NO. The summed E-state index contributed by atoms with van der Waals surface area (Å²) in [5.41, 5.74) is 0. The molecule has 0 aromatic heterocycles. The lowest BCUT2D eigenvalue weighted by atomic mass is 10.6. The Morgan fingerprint density at radius 1 is 1.56 bits per heavy atom. The summed E-state index contributed by atoms with van der Waals surface area (Å²) < 4.78 is 1.51. The van der Waals surface area contributed by atoms with Gasteiger partial charge >= 0.3 is 0 Å². The maximum Gasteiger partial charge on any atom is 0.258 e. The number of amides is 1. The van der Waals surface area contributed by atoms with Crippen LogP contribution in [0.15, 0.2) is 6.07 Å². The van der Waals surface area contributed by atoms with Gasteiger partial charge in [0.1, 0.15) is 0 Å². The molecule has 9 heavy (non-hydrogen) atoms. The van der Waals surface area contributed by atoms with Crippen LogP contribution in [0.5, 0.6) is 0 Å². The molecular weight excluding hydrogens is 412 g/mol. The molecule has 0 aliphatic carbocycles. The predicted molar refractivity (Wildman–Crippen MR) is 58.1 cm³/mol. The van der Waals surface area contributed by atoms with Crippen molar-refractivity contribution in [2.45, 2.75) is 0 Å². The maximum absolute atomic E-state index is 10.7. The molecule has 0 heterocycles. The van der Waals surface area contributed by atoms with Gasteiger partial charge in [-0.1, -0.05) is 0 Å². The number of carbonyl (C=O) groups is 1. The van der Waals surface area contributed by atoms with Crippen LogP contribution in [0.25, 0.3) is 0 Å². The Morgan fingerprint density at radius 3 is 2.11 bits per heavy atom. The Labute approximate surface area is 89.2 Å². The number of hydrogen-bond acceptors (Lipinski definition) is 1. The lowest BCUT2D eigenvalue weighted by Gasteiger charge is -1.95.